The highest BCUT2D eigenvalue weighted by Gasteiger charge is 2.31. The van der Waals surface area contributed by atoms with Gasteiger partial charge in [-0.05, 0) is 12.8 Å². The van der Waals surface area contributed by atoms with Crippen molar-refractivity contribution in [1.82, 2.24) is 5.48 Å². The smallest absolute Gasteiger partial charge is 0.327 e. The van der Waals surface area contributed by atoms with Gasteiger partial charge in [-0.25, -0.2) is 0 Å². The summed E-state index contributed by atoms with van der Waals surface area (Å²) in [6, 6.07) is 0. The van der Waals surface area contributed by atoms with Crippen LogP contribution in [0.5, 0.6) is 0 Å². The van der Waals surface area contributed by atoms with Crippen LogP contribution >= 0.6 is 0 Å². The Hall–Kier alpha value is -0.570. The Morgan fingerprint density at radius 2 is 2.38 bits per heavy atom. The molecular formula is C5H9NO2. The van der Waals surface area contributed by atoms with Gasteiger partial charge in [-0.3, -0.25) is 4.79 Å². The minimum absolute atomic E-state index is 0.118. The second-order valence-electron chi connectivity index (χ2n) is 1.90. The number of carbonyl (C=O) groups is 1. The highest BCUT2D eigenvalue weighted by molar-refractivity contribution is 5.74. The molecule has 0 aromatic heterocycles. The van der Waals surface area contributed by atoms with Gasteiger partial charge in [-0.2, -0.15) is 5.48 Å². The van der Waals surface area contributed by atoms with Crippen molar-refractivity contribution in [3.8, 4) is 0 Å². The predicted molar refractivity (Wildman–Crippen MR) is 27.9 cm³/mol. The Morgan fingerprint density at radius 1 is 1.75 bits per heavy atom. The summed E-state index contributed by atoms with van der Waals surface area (Å²) >= 11 is 0. The lowest BCUT2D eigenvalue weighted by molar-refractivity contribution is -0.151. The minimum Gasteiger partial charge on any atom is -0.371 e. The quantitative estimate of drug-likeness (QED) is 0.518. The molecule has 1 N–H and O–H groups in total. The van der Waals surface area contributed by atoms with Gasteiger partial charge in [0.2, 0.25) is 0 Å². The average molecular weight is 115 g/mol. The Kier molecular flexibility index (Phi) is 1.48. The fourth-order valence-electron chi connectivity index (χ4n) is 0.503. The highest BCUT2D eigenvalue weighted by Crippen LogP contribution is 2.29. The molecule has 0 unspecified atom stereocenters. The van der Waals surface area contributed by atoms with E-state index in [-0.39, 0.29) is 11.9 Å². The molecule has 0 aliphatic heterocycles. The molecule has 1 fully saturated rings. The Balaban J connectivity index is 2.13. The third-order valence-corrected chi connectivity index (χ3v) is 1.11. The molecule has 1 saturated carbocycles. The number of nitrogens with one attached hydrogen (secondary N) is 1. The molecule has 1 aliphatic carbocycles. The van der Waals surface area contributed by atoms with Gasteiger partial charge in [0.15, 0.2) is 0 Å². The first kappa shape index (κ1) is 5.56. The van der Waals surface area contributed by atoms with Crippen LogP contribution in [0.1, 0.15) is 12.8 Å². The predicted octanol–water partition coefficient (Wildman–Crippen LogP) is 0.0740. The Bertz CT molecular complexity index is 98.6. The standard InChI is InChI=1S/C5H9NO2/c1-6-8-5(7)4-2-3-4/h4,6H,2-3H2,1H3. The first-order valence-corrected chi connectivity index (χ1v) is 2.72. The first-order chi connectivity index (χ1) is 3.84. The molecule has 0 atom stereocenters. The van der Waals surface area contributed by atoms with E-state index in [1.807, 2.05) is 0 Å². The number of hydrogen-bond donors (Lipinski definition) is 1. The molecule has 0 saturated heterocycles. The molecule has 46 valence electrons. The monoisotopic (exact) mass is 115 g/mol. The van der Waals surface area contributed by atoms with E-state index in [1.165, 1.54) is 0 Å². The highest BCUT2D eigenvalue weighted by atomic mass is 16.7. The zero-order valence-electron chi connectivity index (χ0n) is 4.81. The van der Waals surface area contributed by atoms with Crippen LogP contribution in [0.3, 0.4) is 0 Å². The fraction of sp³-hybridized carbons (Fsp3) is 0.800. The van der Waals surface area contributed by atoms with Crippen LogP contribution in [0.25, 0.3) is 0 Å². The van der Waals surface area contributed by atoms with Crippen molar-refractivity contribution in [1.29, 1.82) is 0 Å². The van der Waals surface area contributed by atoms with Crippen LogP contribution in [-0.4, -0.2) is 13.0 Å². The van der Waals surface area contributed by atoms with Gasteiger partial charge < -0.3 is 4.84 Å². The van der Waals surface area contributed by atoms with Gasteiger partial charge in [0.1, 0.15) is 0 Å². The van der Waals surface area contributed by atoms with Crippen LogP contribution in [-0.2, 0) is 9.63 Å². The van der Waals surface area contributed by atoms with Crippen molar-refractivity contribution in [2.45, 2.75) is 12.8 Å². The second kappa shape index (κ2) is 2.13. The first-order valence-electron chi connectivity index (χ1n) is 2.72. The van der Waals surface area contributed by atoms with Crippen LogP contribution in [0, 0.1) is 5.92 Å². The van der Waals surface area contributed by atoms with Crippen molar-refractivity contribution in [3.05, 3.63) is 0 Å². The summed E-state index contributed by atoms with van der Waals surface area (Å²) in [5, 5.41) is 0. The summed E-state index contributed by atoms with van der Waals surface area (Å²) in [5.74, 6) is 0.0787. The lowest BCUT2D eigenvalue weighted by atomic mass is 10.4. The average Bonchev–Trinajstić information content (AvgIpc) is 2.45. The van der Waals surface area contributed by atoms with E-state index in [4.69, 9.17) is 0 Å². The summed E-state index contributed by atoms with van der Waals surface area (Å²) in [5.41, 5.74) is 2.34. The normalized spacial score (nSPS) is 18.1. The maximum absolute atomic E-state index is 10.5. The molecule has 0 bridgehead atoms. The lowest BCUT2D eigenvalue weighted by Gasteiger charge is -1.95. The molecule has 0 amide bonds. The van der Waals surface area contributed by atoms with Crippen LogP contribution < -0.4 is 5.48 Å². The van der Waals surface area contributed by atoms with E-state index in [0.717, 1.165) is 12.8 Å². The van der Waals surface area contributed by atoms with Crippen LogP contribution in [0.2, 0.25) is 0 Å². The molecule has 1 aliphatic rings. The van der Waals surface area contributed by atoms with Gasteiger partial charge in [-0.15, -0.1) is 0 Å². The second-order valence-corrected chi connectivity index (χ2v) is 1.90. The summed E-state index contributed by atoms with van der Waals surface area (Å²) in [6.07, 6.45) is 2.00. The molecule has 0 aromatic carbocycles. The summed E-state index contributed by atoms with van der Waals surface area (Å²) in [6.45, 7) is 0. The third-order valence-electron chi connectivity index (χ3n) is 1.11. The topological polar surface area (TPSA) is 38.3 Å². The number of rotatable bonds is 2. The van der Waals surface area contributed by atoms with Gasteiger partial charge in [0.25, 0.3) is 0 Å². The third kappa shape index (κ3) is 1.20. The van der Waals surface area contributed by atoms with Crippen molar-refractivity contribution in [3.63, 3.8) is 0 Å². The molecular weight excluding hydrogens is 106 g/mol. The lowest BCUT2D eigenvalue weighted by Crippen LogP contribution is -2.16. The fourth-order valence-corrected chi connectivity index (χ4v) is 0.503. The van der Waals surface area contributed by atoms with Gasteiger partial charge in [-0.1, -0.05) is 0 Å². The number of carbonyl (C=O) groups excluding carboxylic acids is 1. The molecule has 3 nitrogen and oxygen atoms in total. The van der Waals surface area contributed by atoms with Crippen molar-refractivity contribution >= 4 is 5.97 Å². The molecule has 0 spiro atoms. The summed E-state index contributed by atoms with van der Waals surface area (Å²) in [7, 11) is 1.58. The molecule has 0 aromatic rings. The Morgan fingerprint density at radius 3 is 2.75 bits per heavy atom. The number of hydroxylamine groups is 1. The zero-order valence-corrected chi connectivity index (χ0v) is 4.81. The largest absolute Gasteiger partial charge is 0.371 e. The zero-order chi connectivity index (χ0) is 5.98. The molecule has 8 heavy (non-hydrogen) atoms. The van der Waals surface area contributed by atoms with Gasteiger partial charge >= 0.3 is 5.97 Å². The maximum Gasteiger partial charge on any atom is 0.327 e. The van der Waals surface area contributed by atoms with Crippen molar-refractivity contribution in [2.75, 3.05) is 7.05 Å². The number of hydrogen-bond acceptors (Lipinski definition) is 3. The van der Waals surface area contributed by atoms with E-state index < -0.39 is 0 Å². The van der Waals surface area contributed by atoms with E-state index in [2.05, 4.69) is 10.3 Å². The maximum atomic E-state index is 10.5. The molecule has 1 rings (SSSR count). The van der Waals surface area contributed by atoms with E-state index in [0.29, 0.717) is 0 Å². The van der Waals surface area contributed by atoms with Crippen LogP contribution in [0.15, 0.2) is 0 Å². The van der Waals surface area contributed by atoms with Crippen molar-refractivity contribution < 1.29 is 9.63 Å². The Labute approximate surface area is 48.0 Å². The minimum atomic E-state index is -0.118. The van der Waals surface area contributed by atoms with Gasteiger partial charge in [0, 0.05) is 7.05 Å². The van der Waals surface area contributed by atoms with Crippen LogP contribution in [0.4, 0.5) is 0 Å². The summed E-state index contributed by atoms with van der Waals surface area (Å²) in [4.78, 5) is 15.0. The molecule has 0 heterocycles. The summed E-state index contributed by atoms with van der Waals surface area (Å²) < 4.78 is 0. The van der Waals surface area contributed by atoms with Crippen molar-refractivity contribution in [2.24, 2.45) is 5.92 Å². The molecule has 0 radical (unpaired) electrons. The van der Waals surface area contributed by atoms with Gasteiger partial charge in [0.05, 0.1) is 5.92 Å². The van der Waals surface area contributed by atoms with E-state index in [9.17, 15) is 4.79 Å². The van der Waals surface area contributed by atoms with E-state index in [1.54, 1.807) is 7.05 Å². The van der Waals surface area contributed by atoms with E-state index >= 15 is 0 Å². The SMILES string of the molecule is CNOC(=O)C1CC1. The molecule has 3 heteroatoms.